The monoisotopic (exact) mass is 525 g/mol. The van der Waals surface area contributed by atoms with E-state index in [1.807, 2.05) is 9.58 Å². The first-order valence-electron chi connectivity index (χ1n) is 12.4. The number of Topliss-reactive ketones (excluding diaryl/α,β-unsaturated/α-hetero) is 1. The minimum atomic E-state index is -0.652. The van der Waals surface area contributed by atoms with Crippen LogP contribution in [0, 0.1) is 5.82 Å². The number of aliphatic hydroxyl groups excluding tert-OH is 1. The Balaban J connectivity index is 1.31. The molecule has 2 aliphatic heterocycles. The molecule has 3 heterocycles. The molecular weight excluding hydrogens is 497 g/mol. The molecule has 1 aromatic heterocycles. The second kappa shape index (κ2) is 10.3. The van der Waals surface area contributed by atoms with Crippen molar-refractivity contribution in [1.82, 2.24) is 9.36 Å². The summed E-state index contributed by atoms with van der Waals surface area (Å²) in [6, 6.07) is 9.59. The van der Waals surface area contributed by atoms with Gasteiger partial charge < -0.3 is 24.9 Å². The number of carbonyl (C=O) groups excluding carboxylic acids is 3. The van der Waals surface area contributed by atoms with Crippen LogP contribution in [-0.4, -0.2) is 64.6 Å². The lowest BCUT2D eigenvalue weighted by molar-refractivity contribution is -0.119. The summed E-state index contributed by atoms with van der Waals surface area (Å²) in [4.78, 5) is 51.4. The van der Waals surface area contributed by atoms with Gasteiger partial charge in [0.25, 0.3) is 5.56 Å². The molecule has 200 valence electrons. The van der Waals surface area contributed by atoms with Crippen LogP contribution < -0.4 is 20.7 Å². The Morgan fingerprint density at radius 3 is 2.55 bits per heavy atom. The maximum atomic E-state index is 15.3. The smallest absolute Gasteiger partial charge is 0.414 e. The zero-order valence-electron chi connectivity index (χ0n) is 20.9. The SMILES string of the molecule is CC(=O)CC[C@H]1CN(c2ccc(N3CCn4c(=O)c5cc(NC(=O)CO)ccc5n4CC3)c(F)c2)C(=O)O1. The Morgan fingerprint density at radius 1 is 1.08 bits per heavy atom. The molecule has 0 spiro atoms. The molecule has 0 unspecified atom stereocenters. The molecule has 12 heteroatoms. The van der Waals surface area contributed by atoms with Gasteiger partial charge in [-0.2, -0.15) is 0 Å². The lowest BCUT2D eigenvalue weighted by Crippen LogP contribution is -2.29. The predicted octanol–water partition coefficient (Wildman–Crippen LogP) is 2.09. The first kappa shape index (κ1) is 25.5. The molecule has 0 aliphatic carbocycles. The molecule has 5 rings (SSSR count). The van der Waals surface area contributed by atoms with Crippen LogP contribution >= 0.6 is 0 Å². The highest BCUT2D eigenvalue weighted by Crippen LogP contribution is 2.29. The number of cyclic esters (lactones) is 1. The van der Waals surface area contributed by atoms with E-state index < -0.39 is 30.5 Å². The molecule has 0 bridgehead atoms. The van der Waals surface area contributed by atoms with E-state index in [-0.39, 0.29) is 17.9 Å². The molecule has 0 saturated carbocycles. The molecule has 0 radical (unpaired) electrons. The van der Waals surface area contributed by atoms with Gasteiger partial charge >= 0.3 is 6.09 Å². The number of anilines is 3. The van der Waals surface area contributed by atoms with Gasteiger partial charge in [0.1, 0.15) is 24.3 Å². The first-order valence-corrected chi connectivity index (χ1v) is 12.4. The number of halogens is 1. The Morgan fingerprint density at radius 2 is 1.84 bits per heavy atom. The number of hydrogen-bond donors (Lipinski definition) is 2. The summed E-state index contributed by atoms with van der Waals surface area (Å²) in [6.07, 6.45) is -0.231. The van der Waals surface area contributed by atoms with E-state index in [1.165, 1.54) is 17.9 Å². The molecule has 2 N–H and O–H groups in total. The maximum absolute atomic E-state index is 15.3. The number of fused-ring (bicyclic) bond motifs is 3. The Labute approximate surface area is 217 Å². The normalized spacial score (nSPS) is 17.3. The van der Waals surface area contributed by atoms with Crippen LogP contribution in [-0.2, 0) is 27.4 Å². The molecule has 11 nitrogen and oxygen atoms in total. The van der Waals surface area contributed by atoms with Gasteiger partial charge in [-0.3, -0.25) is 19.2 Å². The number of amides is 2. The van der Waals surface area contributed by atoms with Crippen molar-refractivity contribution in [2.45, 2.75) is 39.0 Å². The Bertz CT molecular complexity index is 1480. The number of ether oxygens (including phenoxy) is 1. The second-order valence-electron chi connectivity index (χ2n) is 9.47. The van der Waals surface area contributed by atoms with Crippen molar-refractivity contribution in [2.24, 2.45) is 0 Å². The minimum absolute atomic E-state index is 0.0191. The number of rotatable bonds is 7. The maximum Gasteiger partial charge on any atom is 0.414 e. The highest BCUT2D eigenvalue weighted by molar-refractivity contribution is 5.94. The standard InChI is InChI=1S/C26H28FN5O6/c1-16(34)2-5-19-14-30(26(37)38-19)18-4-7-23(21(27)13-18)29-8-10-31-22-6-3-17(28-24(35)15-33)12-20(22)25(36)32(31)11-9-29/h3-4,6-7,12-13,19,33H,2,5,8-11,14-15H2,1H3,(H,28,35)/t19-/m0/s1. The largest absolute Gasteiger partial charge is 0.444 e. The summed E-state index contributed by atoms with van der Waals surface area (Å²) in [7, 11) is 0. The van der Waals surface area contributed by atoms with Crippen LogP contribution in [0.5, 0.6) is 0 Å². The van der Waals surface area contributed by atoms with Crippen molar-refractivity contribution < 1.29 is 28.6 Å². The van der Waals surface area contributed by atoms with Gasteiger partial charge in [0, 0.05) is 25.2 Å². The fourth-order valence-corrected chi connectivity index (χ4v) is 5.00. The number of carbonyl (C=O) groups is 3. The van der Waals surface area contributed by atoms with Crippen LogP contribution in [0.4, 0.5) is 26.2 Å². The molecule has 2 aliphatic rings. The molecule has 1 fully saturated rings. The van der Waals surface area contributed by atoms with E-state index in [0.29, 0.717) is 67.0 Å². The quantitative estimate of drug-likeness (QED) is 0.484. The summed E-state index contributed by atoms with van der Waals surface area (Å²) < 4.78 is 24.1. The molecular formula is C26H28FN5O6. The van der Waals surface area contributed by atoms with Crippen LogP contribution in [0.15, 0.2) is 41.2 Å². The Hall–Kier alpha value is -4.19. The lowest BCUT2D eigenvalue weighted by Gasteiger charge is -2.24. The van der Waals surface area contributed by atoms with Gasteiger partial charge in [0.15, 0.2) is 0 Å². The highest BCUT2D eigenvalue weighted by Gasteiger charge is 2.33. The van der Waals surface area contributed by atoms with E-state index in [2.05, 4.69) is 5.32 Å². The van der Waals surface area contributed by atoms with Gasteiger partial charge in [0.2, 0.25) is 5.91 Å². The predicted molar refractivity (Wildman–Crippen MR) is 138 cm³/mol. The van der Waals surface area contributed by atoms with Crippen LogP contribution in [0.2, 0.25) is 0 Å². The molecule has 1 saturated heterocycles. The van der Waals surface area contributed by atoms with E-state index in [9.17, 15) is 19.2 Å². The zero-order chi connectivity index (χ0) is 27.0. The summed E-state index contributed by atoms with van der Waals surface area (Å²) in [5, 5.41) is 11.9. The molecule has 2 amide bonds. The minimum Gasteiger partial charge on any atom is -0.444 e. The molecule has 3 aromatic rings. The number of hydrogen-bond acceptors (Lipinski definition) is 7. The van der Waals surface area contributed by atoms with Crippen LogP contribution in [0.3, 0.4) is 0 Å². The van der Waals surface area contributed by atoms with Crippen molar-refractivity contribution in [3.05, 3.63) is 52.6 Å². The number of aromatic nitrogens is 2. The third kappa shape index (κ3) is 4.86. The summed E-state index contributed by atoms with van der Waals surface area (Å²) in [6.45, 7) is 2.67. The average Bonchev–Trinajstić information content (AvgIpc) is 3.29. The number of aliphatic hydroxyl groups is 1. The highest BCUT2D eigenvalue weighted by atomic mass is 19.1. The topological polar surface area (TPSA) is 126 Å². The van der Waals surface area contributed by atoms with Gasteiger partial charge in [-0.25, -0.2) is 13.9 Å². The third-order valence-corrected chi connectivity index (χ3v) is 6.90. The van der Waals surface area contributed by atoms with Gasteiger partial charge in [0.05, 0.1) is 41.9 Å². The fraction of sp³-hybridized carbons (Fsp3) is 0.385. The number of nitrogens with one attached hydrogen (secondary N) is 1. The van der Waals surface area contributed by atoms with Gasteiger partial charge in [-0.1, -0.05) is 0 Å². The van der Waals surface area contributed by atoms with E-state index in [0.717, 1.165) is 0 Å². The van der Waals surface area contributed by atoms with Crippen LogP contribution in [0.1, 0.15) is 19.8 Å². The molecule has 1 atom stereocenters. The summed E-state index contributed by atoms with van der Waals surface area (Å²) in [5.41, 5.74) is 1.65. The number of nitrogens with zero attached hydrogens (tertiary/aromatic N) is 4. The van der Waals surface area contributed by atoms with Crippen molar-refractivity contribution in [3.8, 4) is 0 Å². The second-order valence-corrected chi connectivity index (χ2v) is 9.47. The van der Waals surface area contributed by atoms with Crippen molar-refractivity contribution in [2.75, 3.05) is 41.4 Å². The summed E-state index contributed by atoms with van der Waals surface area (Å²) in [5.74, 6) is -1.04. The lowest BCUT2D eigenvalue weighted by atomic mass is 10.1. The fourth-order valence-electron chi connectivity index (χ4n) is 5.00. The van der Waals surface area contributed by atoms with E-state index in [1.54, 1.807) is 35.0 Å². The van der Waals surface area contributed by atoms with E-state index >= 15 is 4.39 Å². The average molecular weight is 526 g/mol. The van der Waals surface area contributed by atoms with E-state index in [4.69, 9.17) is 9.84 Å². The Kier molecular flexibility index (Phi) is 6.89. The van der Waals surface area contributed by atoms with Gasteiger partial charge in [-0.15, -0.1) is 0 Å². The van der Waals surface area contributed by atoms with Crippen molar-refractivity contribution in [3.63, 3.8) is 0 Å². The molecule has 2 aromatic carbocycles. The number of ketones is 1. The van der Waals surface area contributed by atoms with Gasteiger partial charge in [-0.05, 0) is 49.7 Å². The number of benzene rings is 2. The zero-order valence-corrected chi connectivity index (χ0v) is 20.9. The third-order valence-electron chi connectivity index (χ3n) is 6.90. The van der Waals surface area contributed by atoms with Crippen molar-refractivity contribution in [1.29, 1.82) is 0 Å². The summed E-state index contributed by atoms with van der Waals surface area (Å²) >= 11 is 0. The molecule has 38 heavy (non-hydrogen) atoms. The first-order chi connectivity index (χ1) is 18.2. The van der Waals surface area contributed by atoms with Crippen molar-refractivity contribution >= 4 is 45.7 Å². The van der Waals surface area contributed by atoms with Crippen LogP contribution in [0.25, 0.3) is 10.9 Å².